The van der Waals surface area contributed by atoms with Gasteiger partial charge in [-0.2, -0.15) is 0 Å². The maximum atomic E-state index is 12.2. The molecule has 1 aliphatic rings. The molecule has 1 saturated heterocycles. The zero-order valence-corrected chi connectivity index (χ0v) is 11.5. The zero-order valence-electron chi connectivity index (χ0n) is 11.5. The molecule has 1 aromatic carbocycles. The number of hydrogen-bond acceptors (Lipinski definition) is 4. The highest BCUT2D eigenvalue weighted by atomic mass is 16.6. The summed E-state index contributed by atoms with van der Waals surface area (Å²) in [6.45, 7) is 3.84. The van der Waals surface area contributed by atoms with Crippen molar-refractivity contribution in [2.24, 2.45) is 5.92 Å². The Morgan fingerprint density at radius 2 is 2.25 bits per heavy atom. The van der Waals surface area contributed by atoms with E-state index in [1.165, 1.54) is 12.1 Å². The Hall–Kier alpha value is -1.95. The van der Waals surface area contributed by atoms with Crippen molar-refractivity contribution in [2.45, 2.75) is 25.8 Å². The molecule has 0 aliphatic carbocycles. The van der Waals surface area contributed by atoms with Crippen molar-refractivity contribution in [3.8, 4) is 0 Å². The highest BCUT2D eigenvalue weighted by molar-refractivity contribution is 5.98. The van der Waals surface area contributed by atoms with E-state index in [4.69, 9.17) is 0 Å². The van der Waals surface area contributed by atoms with Gasteiger partial charge in [-0.25, -0.2) is 0 Å². The van der Waals surface area contributed by atoms with E-state index in [9.17, 15) is 14.9 Å². The highest BCUT2D eigenvalue weighted by Crippen LogP contribution is 2.19. The van der Waals surface area contributed by atoms with Crippen molar-refractivity contribution in [3.63, 3.8) is 0 Å². The molecule has 6 nitrogen and oxygen atoms in total. The lowest BCUT2D eigenvalue weighted by molar-refractivity contribution is -0.385. The summed E-state index contributed by atoms with van der Waals surface area (Å²) in [5.74, 6) is -0.00848. The third-order valence-electron chi connectivity index (χ3n) is 3.75. The van der Waals surface area contributed by atoms with E-state index >= 15 is 0 Å². The quantitative estimate of drug-likeness (QED) is 0.648. The average molecular weight is 277 g/mol. The number of nitro benzene ring substituents is 1. The van der Waals surface area contributed by atoms with Gasteiger partial charge in [0, 0.05) is 12.1 Å². The smallest absolute Gasteiger partial charge is 0.282 e. The van der Waals surface area contributed by atoms with E-state index in [1.807, 2.05) is 6.92 Å². The topological polar surface area (TPSA) is 84.3 Å². The standard InChI is InChI=1S/C14H19N3O3/c1-10(11-5-4-8-15-9-11)16-14(18)12-6-2-3-7-13(12)17(19)20/h2-3,6-7,10-11,15H,4-5,8-9H2,1H3,(H,16,18). The Kier molecular flexibility index (Phi) is 4.68. The monoisotopic (exact) mass is 277 g/mol. The summed E-state index contributed by atoms with van der Waals surface area (Å²) in [5.41, 5.74) is -0.0351. The van der Waals surface area contributed by atoms with Gasteiger partial charge in [0.2, 0.25) is 0 Å². The fourth-order valence-electron chi connectivity index (χ4n) is 2.53. The molecule has 20 heavy (non-hydrogen) atoms. The van der Waals surface area contributed by atoms with Gasteiger partial charge in [0.1, 0.15) is 5.56 Å². The fraction of sp³-hybridized carbons (Fsp3) is 0.500. The van der Waals surface area contributed by atoms with Gasteiger partial charge >= 0.3 is 0 Å². The molecule has 1 aliphatic heterocycles. The molecule has 0 aromatic heterocycles. The van der Waals surface area contributed by atoms with Crippen molar-refractivity contribution < 1.29 is 9.72 Å². The van der Waals surface area contributed by atoms with Gasteiger partial charge in [-0.05, 0) is 44.8 Å². The number of nitrogens with zero attached hydrogens (tertiary/aromatic N) is 1. The van der Waals surface area contributed by atoms with Gasteiger partial charge in [0.15, 0.2) is 0 Å². The molecule has 0 radical (unpaired) electrons. The summed E-state index contributed by atoms with van der Waals surface area (Å²) in [6.07, 6.45) is 2.15. The Bertz CT molecular complexity index is 498. The first kappa shape index (κ1) is 14.5. The Morgan fingerprint density at radius 1 is 1.50 bits per heavy atom. The van der Waals surface area contributed by atoms with Crippen LogP contribution in [0.3, 0.4) is 0 Å². The number of carbonyl (C=O) groups is 1. The van der Waals surface area contributed by atoms with Crippen molar-refractivity contribution in [2.75, 3.05) is 13.1 Å². The predicted octanol–water partition coefficient (Wildman–Crippen LogP) is 1.71. The van der Waals surface area contributed by atoms with Gasteiger partial charge in [-0.3, -0.25) is 14.9 Å². The lowest BCUT2D eigenvalue weighted by atomic mass is 9.92. The second-order valence-corrected chi connectivity index (χ2v) is 5.14. The number of carbonyl (C=O) groups excluding carboxylic acids is 1. The van der Waals surface area contributed by atoms with Gasteiger partial charge in [0.05, 0.1) is 4.92 Å². The maximum absolute atomic E-state index is 12.2. The molecule has 1 heterocycles. The fourth-order valence-corrected chi connectivity index (χ4v) is 2.53. The Morgan fingerprint density at radius 3 is 2.90 bits per heavy atom. The third kappa shape index (κ3) is 3.33. The molecule has 2 unspecified atom stereocenters. The molecule has 1 fully saturated rings. The third-order valence-corrected chi connectivity index (χ3v) is 3.75. The number of nitrogens with one attached hydrogen (secondary N) is 2. The molecule has 2 atom stereocenters. The molecular weight excluding hydrogens is 258 g/mol. The second kappa shape index (κ2) is 6.47. The molecule has 6 heteroatoms. The number of nitro groups is 1. The molecule has 0 spiro atoms. The SMILES string of the molecule is CC(NC(=O)c1ccccc1[N+](=O)[O-])C1CCCNC1. The highest BCUT2D eigenvalue weighted by Gasteiger charge is 2.24. The van der Waals surface area contributed by atoms with Crippen molar-refractivity contribution in [1.82, 2.24) is 10.6 Å². The zero-order chi connectivity index (χ0) is 14.5. The molecule has 0 saturated carbocycles. The number of piperidine rings is 1. The van der Waals surface area contributed by atoms with Crippen molar-refractivity contribution in [3.05, 3.63) is 39.9 Å². The van der Waals surface area contributed by atoms with Crippen molar-refractivity contribution >= 4 is 11.6 Å². The van der Waals surface area contributed by atoms with Crippen LogP contribution < -0.4 is 10.6 Å². The van der Waals surface area contributed by atoms with Crippen LogP contribution in [0.5, 0.6) is 0 Å². The predicted molar refractivity (Wildman–Crippen MR) is 75.6 cm³/mol. The van der Waals surface area contributed by atoms with Crippen LogP contribution in [0.25, 0.3) is 0 Å². The van der Waals surface area contributed by atoms with Crippen LogP contribution in [0.4, 0.5) is 5.69 Å². The first-order valence-electron chi connectivity index (χ1n) is 6.84. The van der Waals surface area contributed by atoms with E-state index in [2.05, 4.69) is 10.6 Å². The number of amides is 1. The molecule has 1 amide bonds. The van der Waals surface area contributed by atoms with Gasteiger partial charge in [-0.1, -0.05) is 12.1 Å². The van der Waals surface area contributed by atoms with Crippen LogP contribution >= 0.6 is 0 Å². The maximum Gasteiger partial charge on any atom is 0.282 e. The molecule has 108 valence electrons. The first-order valence-corrected chi connectivity index (χ1v) is 6.84. The minimum atomic E-state index is -0.526. The number of hydrogen-bond donors (Lipinski definition) is 2. The molecule has 1 aromatic rings. The second-order valence-electron chi connectivity index (χ2n) is 5.14. The number of rotatable bonds is 4. The van der Waals surface area contributed by atoms with E-state index in [1.54, 1.807) is 12.1 Å². The van der Waals surface area contributed by atoms with Crippen LogP contribution in [-0.2, 0) is 0 Å². The molecule has 2 rings (SSSR count). The summed E-state index contributed by atoms with van der Waals surface area (Å²) < 4.78 is 0. The van der Waals surface area contributed by atoms with Crippen LogP contribution in [0.15, 0.2) is 24.3 Å². The molecule has 2 N–H and O–H groups in total. The lowest BCUT2D eigenvalue weighted by Crippen LogP contribution is -2.44. The van der Waals surface area contributed by atoms with E-state index < -0.39 is 4.92 Å². The van der Waals surface area contributed by atoms with Gasteiger partial charge in [0.25, 0.3) is 11.6 Å². The summed E-state index contributed by atoms with van der Waals surface area (Å²) in [5, 5.41) is 17.1. The van der Waals surface area contributed by atoms with E-state index in [0.29, 0.717) is 5.92 Å². The van der Waals surface area contributed by atoms with Crippen LogP contribution in [-0.4, -0.2) is 30.0 Å². The average Bonchev–Trinajstić information content (AvgIpc) is 2.48. The largest absolute Gasteiger partial charge is 0.349 e. The van der Waals surface area contributed by atoms with Crippen molar-refractivity contribution in [1.29, 1.82) is 0 Å². The Labute approximate surface area is 117 Å². The van der Waals surface area contributed by atoms with Crippen LogP contribution in [0, 0.1) is 16.0 Å². The summed E-state index contributed by atoms with van der Waals surface area (Å²) >= 11 is 0. The Balaban J connectivity index is 2.06. The van der Waals surface area contributed by atoms with Crippen LogP contribution in [0.2, 0.25) is 0 Å². The number of benzene rings is 1. The normalized spacial score (nSPS) is 20.1. The lowest BCUT2D eigenvalue weighted by Gasteiger charge is -2.28. The van der Waals surface area contributed by atoms with Crippen LogP contribution in [0.1, 0.15) is 30.1 Å². The molecular formula is C14H19N3O3. The van der Waals surface area contributed by atoms with E-state index in [-0.39, 0.29) is 23.2 Å². The van der Waals surface area contributed by atoms with E-state index in [0.717, 1.165) is 25.9 Å². The minimum Gasteiger partial charge on any atom is -0.349 e. The first-order chi connectivity index (χ1) is 9.59. The van der Waals surface area contributed by atoms with Gasteiger partial charge in [-0.15, -0.1) is 0 Å². The summed E-state index contributed by atoms with van der Waals surface area (Å²) in [7, 11) is 0. The summed E-state index contributed by atoms with van der Waals surface area (Å²) in [6, 6.07) is 6.02. The minimum absolute atomic E-state index is 0.00453. The van der Waals surface area contributed by atoms with Gasteiger partial charge < -0.3 is 10.6 Å². The number of para-hydroxylation sites is 1. The molecule has 0 bridgehead atoms. The summed E-state index contributed by atoms with van der Waals surface area (Å²) in [4.78, 5) is 22.6.